The molecular formula is C11H12FNO2. The minimum absolute atomic E-state index is 0.349. The summed E-state index contributed by atoms with van der Waals surface area (Å²) in [5.74, 6) is -1.85. The zero-order chi connectivity index (χ0) is 10.8. The van der Waals surface area contributed by atoms with Gasteiger partial charge >= 0.3 is 5.97 Å². The highest BCUT2D eigenvalue weighted by molar-refractivity contribution is 5.79. The van der Waals surface area contributed by atoms with Crippen LogP contribution in [0, 0.1) is 5.82 Å². The molecule has 0 fully saturated rings. The third-order valence-corrected chi connectivity index (χ3v) is 2.69. The van der Waals surface area contributed by atoms with Gasteiger partial charge in [-0.25, -0.2) is 4.39 Å². The standard InChI is InChI=1S/C11H12FNO2/c12-9-5-1-3-7-8(11(14)15)4-2-6-13-10(7)9/h1,3,5,8,13H,2,4,6H2,(H,14,15). The molecule has 0 aromatic heterocycles. The first-order valence-corrected chi connectivity index (χ1v) is 4.95. The van der Waals surface area contributed by atoms with Crippen molar-refractivity contribution in [2.75, 3.05) is 11.9 Å². The maximum atomic E-state index is 13.4. The second-order valence-electron chi connectivity index (χ2n) is 3.66. The smallest absolute Gasteiger partial charge is 0.311 e. The summed E-state index contributed by atoms with van der Waals surface area (Å²) in [6.07, 6.45) is 1.30. The van der Waals surface area contributed by atoms with Crippen LogP contribution in [0.2, 0.25) is 0 Å². The van der Waals surface area contributed by atoms with E-state index in [0.29, 0.717) is 24.2 Å². The third kappa shape index (κ3) is 1.79. The number of carbonyl (C=O) groups is 1. The van der Waals surface area contributed by atoms with Crippen molar-refractivity contribution < 1.29 is 14.3 Å². The SMILES string of the molecule is O=C(O)C1CCCNc2c(F)cccc21. The van der Waals surface area contributed by atoms with Gasteiger partial charge < -0.3 is 10.4 Å². The van der Waals surface area contributed by atoms with Crippen molar-refractivity contribution in [3.05, 3.63) is 29.6 Å². The van der Waals surface area contributed by atoms with Crippen LogP contribution in [0.5, 0.6) is 0 Å². The number of anilines is 1. The number of carboxylic acid groups (broad SMARTS) is 1. The third-order valence-electron chi connectivity index (χ3n) is 2.69. The van der Waals surface area contributed by atoms with Gasteiger partial charge in [0, 0.05) is 6.54 Å². The molecule has 15 heavy (non-hydrogen) atoms. The van der Waals surface area contributed by atoms with Gasteiger partial charge in [-0.1, -0.05) is 12.1 Å². The maximum Gasteiger partial charge on any atom is 0.311 e. The Kier molecular flexibility index (Phi) is 2.58. The van der Waals surface area contributed by atoms with Crippen molar-refractivity contribution in [3.8, 4) is 0 Å². The average molecular weight is 209 g/mol. The molecule has 1 aromatic carbocycles. The zero-order valence-corrected chi connectivity index (χ0v) is 8.16. The van der Waals surface area contributed by atoms with Crippen LogP contribution in [0.4, 0.5) is 10.1 Å². The number of nitrogens with one attached hydrogen (secondary N) is 1. The van der Waals surface area contributed by atoms with E-state index in [4.69, 9.17) is 5.11 Å². The average Bonchev–Trinajstić information content (AvgIpc) is 2.40. The van der Waals surface area contributed by atoms with Crippen molar-refractivity contribution in [3.63, 3.8) is 0 Å². The van der Waals surface area contributed by atoms with Crippen LogP contribution in [0.15, 0.2) is 18.2 Å². The molecule has 1 aliphatic rings. The number of halogens is 1. The minimum atomic E-state index is -0.884. The van der Waals surface area contributed by atoms with Crippen LogP contribution in [0.3, 0.4) is 0 Å². The predicted molar refractivity (Wildman–Crippen MR) is 54.5 cm³/mol. The van der Waals surface area contributed by atoms with Gasteiger partial charge in [0.2, 0.25) is 0 Å². The summed E-state index contributed by atoms with van der Waals surface area (Å²) in [7, 11) is 0. The van der Waals surface area contributed by atoms with Crippen LogP contribution in [0.1, 0.15) is 24.3 Å². The van der Waals surface area contributed by atoms with Gasteiger partial charge in [0.1, 0.15) is 5.82 Å². The lowest BCUT2D eigenvalue weighted by Gasteiger charge is -2.13. The molecule has 80 valence electrons. The summed E-state index contributed by atoms with van der Waals surface area (Å²) in [5.41, 5.74) is 0.905. The summed E-state index contributed by atoms with van der Waals surface area (Å²) in [4.78, 5) is 11.0. The number of carboxylic acids is 1. The van der Waals surface area contributed by atoms with Crippen molar-refractivity contribution in [2.24, 2.45) is 0 Å². The summed E-state index contributed by atoms with van der Waals surface area (Å²) in [6, 6.07) is 4.57. The number of hydrogen-bond acceptors (Lipinski definition) is 2. The summed E-state index contributed by atoms with van der Waals surface area (Å²) in [6.45, 7) is 0.623. The van der Waals surface area contributed by atoms with E-state index in [1.165, 1.54) is 6.07 Å². The molecule has 3 nitrogen and oxygen atoms in total. The van der Waals surface area contributed by atoms with Crippen LogP contribution in [-0.2, 0) is 4.79 Å². The summed E-state index contributed by atoms with van der Waals surface area (Å²) >= 11 is 0. The lowest BCUT2D eigenvalue weighted by molar-refractivity contribution is -0.138. The number of para-hydroxylation sites is 1. The van der Waals surface area contributed by atoms with Crippen molar-refractivity contribution in [2.45, 2.75) is 18.8 Å². The molecular weight excluding hydrogens is 197 g/mol. The Morgan fingerprint density at radius 3 is 3.07 bits per heavy atom. The molecule has 1 aromatic rings. The Hall–Kier alpha value is -1.58. The number of fused-ring (bicyclic) bond motifs is 1. The molecule has 4 heteroatoms. The van der Waals surface area contributed by atoms with E-state index >= 15 is 0 Å². The monoisotopic (exact) mass is 209 g/mol. The molecule has 0 bridgehead atoms. The van der Waals surface area contributed by atoms with E-state index in [2.05, 4.69) is 5.32 Å². The fraction of sp³-hybridized carbons (Fsp3) is 0.364. The molecule has 1 atom stereocenters. The first kappa shape index (κ1) is 9.96. The van der Waals surface area contributed by atoms with Crippen LogP contribution in [-0.4, -0.2) is 17.6 Å². The van der Waals surface area contributed by atoms with Gasteiger partial charge in [0.25, 0.3) is 0 Å². The largest absolute Gasteiger partial charge is 0.481 e. The molecule has 1 heterocycles. The first-order chi connectivity index (χ1) is 7.20. The van der Waals surface area contributed by atoms with Crippen LogP contribution >= 0.6 is 0 Å². The fourth-order valence-corrected chi connectivity index (χ4v) is 1.95. The molecule has 0 spiro atoms. The number of hydrogen-bond donors (Lipinski definition) is 2. The predicted octanol–water partition coefficient (Wildman–Crippen LogP) is 2.20. The Bertz CT molecular complexity index is 392. The molecule has 0 aliphatic carbocycles. The second-order valence-corrected chi connectivity index (χ2v) is 3.66. The lowest BCUT2D eigenvalue weighted by atomic mass is 9.94. The lowest BCUT2D eigenvalue weighted by Crippen LogP contribution is -2.11. The van der Waals surface area contributed by atoms with Crippen molar-refractivity contribution >= 4 is 11.7 Å². The minimum Gasteiger partial charge on any atom is -0.481 e. The highest BCUT2D eigenvalue weighted by Gasteiger charge is 2.25. The highest BCUT2D eigenvalue weighted by atomic mass is 19.1. The fourth-order valence-electron chi connectivity index (χ4n) is 1.95. The van der Waals surface area contributed by atoms with Gasteiger partial charge in [-0.15, -0.1) is 0 Å². The summed E-state index contributed by atoms with van der Waals surface area (Å²) < 4.78 is 13.4. The molecule has 2 N–H and O–H groups in total. The van der Waals surface area contributed by atoms with Crippen LogP contribution < -0.4 is 5.32 Å². The second kappa shape index (κ2) is 3.88. The molecule has 1 aliphatic heterocycles. The molecule has 0 saturated carbocycles. The van der Waals surface area contributed by atoms with Crippen molar-refractivity contribution in [1.82, 2.24) is 0 Å². The highest BCUT2D eigenvalue weighted by Crippen LogP contribution is 2.32. The van der Waals surface area contributed by atoms with Gasteiger partial charge in [0.05, 0.1) is 11.6 Å². The Labute approximate surface area is 86.9 Å². The van der Waals surface area contributed by atoms with Crippen LogP contribution in [0.25, 0.3) is 0 Å². The molecule has 0 amide bonds. The van der Waals surface area contributed by atoms with E-state index < -0.39 is 11.9 Å². The van der Waals surface area contributed by atoms with Crippen molar-refractivity contribution in [1.29, 1.82) is 0 Å². The normalized spacial score (nSPS) is 19.9. The first-order valence-electron chi connectivity index (χ1n) is 4.95. The Morgan fingerprint density at radius 1 is 1.53 bits per heavy atom. The quantitative estimate of drug-likeness (QED) is 0.745. The Balaban J connectivity index is 2.49. The van der Waals surface area contributed by atoms with E-state index in [9.17, 15) is 9.18 Å². The van der Waals surface area contributed by atoms with Gasteiger partial charge in [0.15, 0.2) is 0 Å². The molecule has 0 saturated heterocycles. The van der Waals surface area contributed by atoms with E-state index in [0.717, 1.165) is 6.42 Å². The Morgan fingerprint density at radius 2 is 2.33 bits per heavy atom. The van der Waals surface area contributed by atoms with E-state index in [1.54, 1.807) is 12.1 Å². The topological polar surface area (TPSA) is 49.3 Å². The number of benzene rings is 1. The number of aliphatic carboxylic acids is 1. The number of rotatable bonds is 1. The molecule has 2 rings (SSSR count). The summed E-state index contributed by atoms with van der Waals surface area (Å²) in [5, 5.41) is 12.0. The van der Waals surface area contributed by atoms with E-state index in [1.807, 2.05) is 0 Å². The van der Waals surface area contributed by atoms with Gasteiger partial charge in [-0.3, -0.25) is 4.79 Å². The maximum absolute atomic E-state index is 13.4. The van der Waals surface area contributed by atoms with Gasteiger partial charge in [-0.05, 0) is 24.5 Å². The van der Waals surface area contributed by atoms with E-state index in [-0.39, 0.29) is 5.82 Å². The zero-order valence-electron chi connectivity index (χ0n) is 8.16. The molecule has 1 unspecified atom stereocenters. The van der Waals surface area contributed by atoms with Gasteiger partial charge in [-0.2, -0.15) is 0 Å². The molecule has 0 radical (unpaired) electrons.